The van der Waals surface area contributed by atoms with Crippen LogP contribution in [-0.4, -0.2) is 18.2 Å². The molecule has 0 N–H and O–H groups in total. The molecule has 3 heteroatoms. The third-order valence-electron chi connectivity index (χ3n) is 5.40. The number of fused-ring (bicyclic) bond motifs is 6. The van der Waals surface area contributed by atoms with E-state index in [0.29, 0.717) is 13.2 Å². The normalized spacial score (nSPS) is 21.4. The molecular weight excluding hydrogens is 298 g/mol. The summed E-state index contributed by atoms with van der Waals surface area (Å²) in [5, 5.41) is 3.68. The lowest BCUT2D eigenvalue weighted by Crippen LogP contribution is -2.40. The zero-order valence-corrected chi connectivity index (χ0v) is 14.1. The van der Waals surface area contributed by atoms with Crippen molar-refractivity contribution in [3.8, 4) is 0 Å². The molecule has 3 aromatic rings. The molecular formula is C21H21NO2. The molecule has 1 saturated heterocycles. The minimum atomic E-state index is -0.607. The largest absolute Gasteiger partial charge is 0.343 e. The molecule has 1 aromatic heterocycles. The minimum absolute atomic E-state index is 0.136. The van der Waals surface area contributed by atoms with Gasteiger partial charge >= 0.3 is 0 Å². The number of pyridine rings is 1. The molecule has 1 aliphatic carbocycles. The van der Waals surface area contributed by atoms with E-state index in [-0.39, 0.29) is 5.41 Å². The molecule has 3 nitrogen and oxygen atoms in total. The van der Waals surface area contributed by atoms with Crippen molar-refractivity contribution >= 4 is 21.7 Å². The lowest BCUT2D eigenvalue weighted by molar-refractivity contribution is -0.193. The van der Waals surface area contributed by atoms with Gasteiger partial charge in [-0.1, -0.05) is 50.2 Å². The standard InChI is InChI=1S/C21H21NO2/c1-20(2)11-17-16-8-7-14-5-3-4-6-15(14)19(16)22-12-18(17)21(13-20)23-9-10-24-21/h3-8,12H,9-11,13H2,1-2H3. The maximum Gasteiger partial charge on any atom is 0.197 e. The summed E-state index contributed by atoms with van der Waals surface area (Å²) in [7, 11) is 0. The highest BCUT2D eigenvalue weighted by Crippen LogP contribution is 2.50. The highest BCUT2D eigenvalue weighted by Gasteiger charge is 2.48. The molecule has 1 fully saturated rings. The molecule has 1 aliphatic heterocycles. The third kappa shape index (κ3) is 1.95. The molecule has 0 unspecified atom stereocenters. The lowest BCUT2D eigenvalue weighted by atomic mass is 9.70. The van der Waals surface area contributed by atoms with Crippen LogP contribution in [-0.2, 0) is 21.7 Å². The van der Waals surface area contributed by atoms with Crippen molar-refractivity contribution in [2.24, 2.45) is 5.41 Å². The summed E-state index contributed by atoms with van der Waals surface area (Å²) in [6, 6.07) is 12.9. The van der Waals surface area contributed by atoms with Crippen molar-refractivity contribution in [2.75, 3.05) is 13.2 Å². The van der Waals surface area contributed by atoms with Gasteiger partial charge in [-0.25, -0.2) is 0 Å². The Kier molecular flexibility index (Phi) is 2.86. The summed E-state index contributed by atoms with van der Waals surface area (Å²) in [6.07, 6.45) is 3.90. The monoisotopic (exact) mass is 319 g/mol. The van der Waals surface area contributed by atoms with Crippen LogP contribution in [0.25, 0.3) is 21.7 Å². The molecule has 0 atom stereocenters. The Balaban J connectivity index is 1.85. The van der Waals surface area contributed by atoms with Gasteiger partial charge in [0.15, 0.2) is 5.79 Å². The van der Waals surface area contributed by atoms with Gasteiger partial charge in [0.1, 0.15) is 0 Å². The smallest absolute Gasteiger partial charge is 0.197 e. The van der Waals surface area contributed by atoms with Gasteiger partial charge in [0, 0.05) is 29.0 Å². The summed E-state index contributed by atoms with van der Waals surface area (Å²) in [4.78, 5) is 4.83. The molecule has 0 amide bonds. The number of aromatic nitrogens is 1. The summed E-state index contributed by atoms with van der Waals surface area (Å²) < 4.78 is 12.2. The van der Waals surface area contributed by atoms with Gasteiger partial charge in [0.25, 0.3) is 0 Å². The van der Waals surface area contributed by atoms with Crippen LogP contribution in [0.15, 0.2) is 42.6 Å². The zero-order chi connectivity index (χ0) is 16.4. The molecule has 5 rings (SSSR count). The van der Waals surface area contributed by atoms with Crippen LogP contribution in [0.1, 0.15) is 31.4 Å². The van der Waals surface area contributed by atoms with E-state index in [9.17, 15) is 0 Å². The Bertz CT molecular complexity index is 955. The molecule has 0 bridgehead atoms. The van der Waals surface area contributed by atoms with Gasteiger partial charge in [-0.15, -0.1) is 0 Å². The van der Waals surface area contributed by atoms with Crippen molar-refractivity contribution in [2.45, 2.75) is 32.5 Å². The van der Waals surface area contributed by atoms with Crippen molar-refractivity contribution < 1.29 is 9.47 Å². The van der Waals surface area contributed by atoms with E-state index in [1.54, 1.807) is 0 Å². The van der Waals surface area contributed by atoms with Gasteiger partial charge in [0.05, 0.1) is 18.7 Å². The van der Waals surface area contributed by atoms with E-state index in [0.717, 1.165) is 23.9 Å². The van der Waals surface area contributed by atoms with Gasteiger partial charge in [-0.05, 0) is 22.8 Å². The average Bonchev–Trinajstić information content (AvgIpc) is 3.02. The SMILES string of the molecule is CC1(C)Cc2c(cnc3c2ccc2ccccc23)C2(C1)OCCO2. The third-order valence-corrected chi connectivity index (χ3v) is 5.40. The highest BCUT2D eigenvalue weighted by molar-refractivity contribution is 6.06. The van der Waals surface area contributed by atoms with E-state index in [2.05, 4.69) is 50.2 Å². The van der Waals surface area contributed by atoms with E-state index >= 15 is 0 Å². The molecule has 122 valence electrons. The topological polar surface area (TPSA) is 31.4 Å². The van der Waals surface area contributed by atoms with Gasteiger partial charge in [0.2, 0.25) is 0 Å². The molecule has 2 aromatic carbocycles. The Morgan fingerprint density at radius 1 is 0.958 bits per heavy atom. The summed E-state index contributed by atoms with van der Waals surface area (Å²) >= 11 is 0. The van der Waals surface area contributed by atoms with Crippen molar-refractivity contribution in [1.82, 2.24) is 4.98 Å². The molecule has 1 spiro atoms. The van der Waals surface area contributed by atoms with E-state index in [1.807, 2.05) is 6.20 Å². The fourth-order valence-electron chi connectivity index (χ4n) is 4.49. The second kappa shape index (κ2) is 4.78. The number of nitrogens with zero attached hydrogens (tertiary/aromatic N) is 1. The maximum absolute atomic E-state index is 6.12. The second-order valence-electron chi connectivity index (χ2n) is 7.80. The molecule has 2 aliphatic rings. The second-order valence-corrected chi connectivity index (χ2v) is 7.80. The first-order valence-corrected chi connectivity index (χ1v) is 8.66. The van der Waals surface area contributed by atoms with Crippen LogP contribution in [0.4, 0.5) is 0 Å². The lowest BCUT2D eigenvalue weighted by Gasteiger charge is -2.42. The fraction of sp³-hybridized carbons (Fsp3) is 0.381. The Morgan fingerprint density at radius 2 is 1.75 bits per heavy atom. The van der Waals surface area contributed by atoms with Crippen LogP contribution < -0.4 is 0 Å². The fourth-order valence-corrected chi connectivity index (χ4v) is 4.49. The van der Waals surface area contributed by atoms with Crippen LogP contribution in [0.5, 0.6) is 0 Å². The van der Waals surface area contributed by atoms with E-state index in [4.69, 9.17) is 14.5 Å². The van der Waals surface area contributed by atoms with Crippen LogP contribution in [0.2, 0.25) is 0 Å². The average molecular weight is 319 g/mol. The number of hydrogen-bond acceptors (Lipinski definition) is 3. The highest BCUT2D eigenvalue weighted by atomic mass is 16.7. The summed E-state index contributed by atoms with van der Waals surface area (Å²) in [5.41, 5.74) is 3.68. The number of rotatable bonds is 0. The van der Waals surface area contributed by atoms with Gasteiger partial charge < -0.3 is 9.47 Å². The van der Waals surface area contributed by atoms with Crippen LogP contribution >= 0.6 is 0 Å². The number of ether oxygens (including phenoxy) is 2. The predicted octanol–water partition coefficient (Wildman–Crippen LogP) is 4.56. The van der Waals surface area contributed by atoms with Crippen molar-refractivity contribution in [1.29, 1.82) is 0 Å². The zero-order valence-electron chi connectivity index (χ0n) is 14.1. The van der Waals surface area contributed by atoms with E-state index in [1.165, 1.54) is 21.7 Å². The first kappa shape index (κ1) is 14.4. The number of hydrogen-bond donors (Lipinski definition) is 0. The molecule has 0 radical (unpaired) electrons. The van der Waals surface area contributed by atoms with E-state index < -0.39 is 5.79 Å². The predicted molar refractivity (Wildman–Crippen MR) is 94.9 cm³/mol. The minimum Gasteiger partial charge on any atom is -0.343 e. The summed E-state index contributed by atoms with van der Waals surface area (Å²) in [6.45, 7) is 5.92. The quantitative estimate of drug-likeness (QED) is 0.569. The molecule has 2 heterocycles. The van der Waals surface area contributed by atoms with Gasteiger partial charge in [-0.2, -0.15) is 0 Å². The summed E-state index contributed by atoms with van der Waals surface area (Å²) in [5.74, 6) is -0.607. The number of benzene rings is 2. The Labute approximate surface area is 141 Å². The van der Waals surface area contributed by atoms with Crippen molar-refractivity contribution in [3.63, 3.8) is 0 Å². The molecule has 0 saturated carbocycles. The first-order valence-electron chi connectivity index (χ1n) is 8.66. The molecule has 24 heavy (non-hydrogen) atoms. The maximum atomic E-state index is 6.12. The van der Waals surface area contributed by atoms with Crippen LogP contribution in [0.3, 0.4) is 0 Å². The van der Waals surface area contributed by atoms with Gasteiger partial charge in [-0.3, -0.25) is 4.98 Å². The van der Waals surface area contributed by atoms with Crippen molar-refractivity contribution in [3.05, 3.63) is 53.7 Å². The van der Waals surface area contributed by atoms with Crippen LogP contribution in [0, 0.1) is 5.41 Å². The first-order chi connectivity index (χ1) is 11.6. The Hall–Kier alpha value is -1.97. The Morgan fingerprint density at radius 3 is 2.58 bits per heavy atom.